The van der Waals surface area contributed by atoms with Gasteiger partial charge in [0.1, 0.15) is 0 Å². The summed E-state index contributed by atoms with van der Waals surface area (Å²) >= 11 is 0. The van der Waals surface area contributed by atoms with Gasteiger partial charge in [0.15, 0.2) is 5.71 Å². The SMILES string of the molecule is CCCNC(=O)C1CC(C(=O)O)=NO1. The van der Waals surface area contributed by atoms with Crippen LogP contribution in [-0.4, -0.2) is 35.3 Å². The second kappa shape index (κ2) is 4.59. The lowest BCUT2D eigenvalue weighted by Gasteiger charge is -2.07. The van der Waals surface area contributed by atoms with Crippen molar-refractivity contribution < 1.29 is 19.5 Å². The molecule has 2 N–H and O–H groups in total. The molecular formula is C8H12N2O4. The first-order chi connectivity index (χ1) is 6.65. The Labute approximate surface area is 80.9 Å². The molecule has 0 aromatic heterocycles. The Kier molecular flexibility index (Phi) is 3.44. The Morgan fingerprint density at radius 3 is 2.93 bits per heavy atom. The van der Waals surface area contributed by atoms with Crippen LogP contribution >= 0.6 is 0 Å². The first-order valence-corrected chi connectivity index (χ1v) is 4.38. The van der Waals surface area contributed by atoms with Gasteiger partial charge < -0.3 is 15.3 Å². The standard InChI is InChI=1S/C8H12N2O4/c1-2-3-9-7(11)6-4-5(8(12)13)10-14-6/h6H,2-4H2,1H3,(H,9,11)(H,12,13). The van der Waals surface area contributed by atoms with E-state index in [4.69, 9.17) is 5.11 Å². The molecule has 0 radical (unpaired) electrons. The van der Waals surface area contributed by atoms with Gasteiger partial charge in [0.05, 0.1) is 0 Å². The van der Waals surface area contributed by atoms with E-state index in [1.807, 2.05) is 6.92 Å². The highest BCUT2D eigenvalue weighted by Crippen LogP contribution is 2.10. The van der Waals surface area contributed by atoms with E-state index in [9.17, 15) is 9.59 Å². The molecule has 1 heterocycles. The van der Waals surface area contributed by atoms with Crippen LogP contribution in [0.4, 0.5) is 0 Å². The lowest BCUT2D eigenvalue weighted by Crippen LogP contribution is -2.35. The zero-order valence-corrected chi connectivity index (χ0v) is 7.82. The highest BCUT2D eigenvalue weighted by atomic mass is 16.6. The van der Waals surface area contributed by atoms with E-state index in [0.29, 0.717) is 6.54 Å². The number of amides is 1. The number of nitrogens with one attached hydrogen (secondary N) is 1. The number of carboxylic acids is 1. The normalized spacial score (nSPS) is 19.8. The fourth-order valence-electron chi connectivity index (χ4n) is 1.01. The maximum Gasteiger partial charge on any atom is 0.353 e. The number of aliphatic carboxylic acids is 1. The van der Waals surface area contributed by atoms with Gasteiger partial charge in [-0.05, 0) is 6.42 Å². The molecule has 0 aliphatic carbocycles. The topological polar surface area (TPSA) is 88.0 Å². The smallest absolute Gasteiger partial charge is 0.353 e. The van der Waals surface area contributed by atoms with Crippen molar-refractivity contribution in [2.24, 2.45) is 5.16 Å². The van der Waals surface area contributed by atoms with Crippen molar-refractivity contribution in [2.75, 3.05) is 6.54 Å². The molecule has 78 valence electrons. The molecule has 1 amide bonds. The number of hydrogen-bond donors (Lipinski definition) is 2. The summed E-state index contributed by atoms with van der Waals surface area (Å²) in [4.78, 5) is 26.4. The highest BCUT2D eigenvalue weighted by Gasteiger charge is 2.30. The Morgan fingerprint density at radius 2 is 2.43 bits per heavy atom. The van der Waals surface area contributed by atoms with E-state index < -0.39 is 12.1 Å². The maximum atomic E-state index is 11.3. The third kappa shape index (κ3) is 2.45. The van der Waals surface area contributed by atoms with Gasteiger partial charge in [0, 0.05) is 13.0 Å². The molecule has 6 nitrogen and oxygen atoms in total. The molecule has 1 unspecified atom stereocenters. The average molecular weight is 200 g/mol. The van der Waals surface area contributed by atoms with Crippen LogP contribution in [0.15, 0.2) is 5.16 Å². The van der Waals surface area contributed by atoms with E-state index in [0.717, 1.165) is 6.42 Å². The molecule has 6 heteroatoms. The zero-order chi connectivity index (χ0) is 10.6. The van der Waals surface area contributed by atoms with E-state index in [2.05, 4.69) is 15.3 Å². The Balaban J connectivity index is 2.38. The first-order valence-electron chi connectivity index (χ1n) is 4.38. The minimum atomic E-state index is -1.14. The van der Waals surface area contributed by atoms with E-state index in [1.165, 1.54) is 0 Å². The molecule has 1 rings (SSSR count). The van der Waals surface area contributed by atoms with E-state index in [1.54, 1.807) is 0 Å². The largest absolute Gasteiger partial charge is 0.477 e. The number of oxime groups is 1. The molecule has 1 atom stereocenters. The van der Waals surface area contributed by atoms with Gasteiger partial charge in [-0.3, -0.25) is 4.79 Å². The molecule has 1 aliphatic heterocycles. The van der Waals surface area contributed by atoms with E-state index in [-0.39, 0.29) is 18.0 Å². The summed E-state index contributed by atoms with van der Waals surface area (Å²) in [5, 5.41) is 14.5. The molecule has 0 spiro atoms. The van der Waals surface area contributed by atoms with Crippen molar-refractivity contribution in [1.82, 2.24) is 5.32 Å². The summed E-state index contributed by atoms with van der Waals surface area (Å²) in [7, 11) is 0. The van der Waals surface area contributed by atoms with Gasteiger partial charge in [0.2, 0.25) is 6.10 Å². The molecule has 0 aromatic carbocycles. The molecule has 0 bridgehead atoms. The van der Waals surface area contributed by atoms with Crippen LogP contribution in [0.1, 0.15) is 19.8 Å². The Hall–Kier alpha value is -1.59. The lowest BCUT2D eigenvalue weighted by atomic mass is 10.2. The molecule has 0 fully saturated rings. The molecule has 0 saturated heterocycles. The van der Waals surface area contributed by atoms with Crippen LogP contribution < -0.4 is 5.32 Å². The molecular weight excluding hydrogens is 188 g/mol. The van der Waals surface area contributed by atoms with Gasteiger partial charge in [-0.2, -0.15) is 0 Å². The average Bonchev–Trinajstić information content (AvgIpc) is 2.62. The third-order valence-electron chi connectivity index (χ3n) is 1.76. The van der Waals surface area contributed by atoms with Crippen molar-refractivity contribution in [1.29, 1.82) is 0 Å². The Bertz CT molecular complexity index is 275. The fraction of sp³-hybridized carbons (Fsp3) is 0.625. The maximum absolute atomic E-state index is 11.3. The first kappa shape index (κ1) is 10.5. The van der Waals surface area contributed by atoms with Gasteiger partial charge >= 0.3 is 5.97 Å². The number of carboxylic acid groups (broad SMARTS) is 1. The zero-order valence-electron chi connectivity index (χ0n) is 7.82. The van der Waals surface area contributed by atoms with Gasteiger partial charge in [-0.15, -0.1) is 0 Å². The molecule has 0 saturated carbocycles. The summed E-state index contributed by atoms with van der Waals surface area (Å²) in [6.07, 6.45) is 0.0725. The van der Waals surface area contributed by atoms with Gasteiger partial charge in [-0.1, -0.05) is 12.1 Å². The summed E-state index contributed by atoms with van der Waals surface area (Å²) in [6, 6.07) is 0. The third-order valence-corrected chi connectivity index (χ3v) is 1.76. The van der Waals surface area contributed by atoms with Crippen LogP contribution in [0.5, 0.6) is 0 Å². The van der Waals surface area contributed by atoms with Crippen LogP contribution in [0.2, 0.25) is 0 Å². The monoisotopic (exact) mass is 200 g/mol. The predicted octanol–water partition coefficient (Wildman–Crippen LogP) is -0.258. The Morgan fingerprint density at radius 1 is 1.71 bits per heavy atom. The van der Waals surface area contributed by atoms with Crippen LogP contribution in [-0.2, 0) is 14.4 Å². The number of carbonyl (C=O) groups is 2. The van der Waals surface area contributed by atoms with Crippen molar-refractivity contribution in [3.8, 4) is 0 Å². The van der Waals surface area contributed by atoms with Gasteiger partial charge in [-0.25, -0.2) is 4.79 Å². The minimum absolute atomic E-state index is 0.0326. The van der Waals surface area contributed by atoms with Crippen molar-refractivity contribution in [2.45, 2.75) is 25.9 Å². The second-order valence-corrected chi connectivity index (χ2v) is 2.93. The number of rotatable bonds is 4. The summed E-state index contributed by atoms with van der Waals surface area (Å²) in [5.74, 6) is -1.46. The quantitative estimate of drug-likeness (QED) is 0.654. The van der Waals surface area contributed by atoms with Crippen LogP contribution in [0.3, 0.4) is 0 Å². The minimum Gasteiger partial charge on any atom is -0.477 e. The summed E-state index contributed by atoms with van der Waals surface area (Å²) < 4.78 is 0. The van der Waals surface area contributed by atoms with Crippen LogP contribution in [0.25, 0.3) is 0 Å². The molecule has 14 heavy (non-hydrogen) atoms. The fourth-order valence-corrected chi connectivity index (χ4v) is 1.01. The second-order valence-electron chi connectivity index (χ2n) is 2.93. The van der Waals surface area contributed by atoms with E-state index >= 15 is 0 Å². The van der Waals surface area contributed by atoms with Gasteiger partial charge in [0.25, 0.3) is 5.91 Å². The van der Waals surface area contributed by atoms with Crippen molar-refractivity contribution in [3.05, 3.63) is 0 Å². The number of hydrogen-bond acceptors (Lipinski definition) is 4. The lowest BCUT2D eigenvalue weighted by molar-refractivity contribution is -0.131. The van der Waals surface area contributed by atoms with Crippen LogP contribution in [0, 0.1) is 0 Å². The summed E-state index contributed by atoms with van der Waals surface area (Å²) in [5.41, 5.74) is -0.110. The van der Waals surface area contributed by atoms with Crippen molar-refractivity contribution in [3.63, 3.8) is 0 Å². The molecule has 0 aromatic rings. The number of carbonyl (C=O) groups excluding carboxylic acids is 1. The summed E-state index contributed by atoms with van der Waals surface area (Å²) in [6.45, 7) is 2.48. The van der Waals surface area contributed by atoms with Crippen molar-refractivity contribution >= 4 is 17.6 Å². The highest BCUT2D eigenvalue weighted by molar-refractivity contribution is 6.36. The predicted molar refractivity (Wildman–Crippen MR) is 47.9 cm³/mol. The molecule has 1 aliphatic rings. The number of nitrogens with zero attached hydrogens (tertiary/aromatic N) is 1.